The van der Waals surface area contributed by atoms with Crippen molar-refractivity contribution in [3.63, 3.8) is 0 Å². The quantitative estimate of drug-likeness (QED) is 0.581. The van der Waals surface area contributed by atoms with Crippen molar-refractivity contribution >= 4 is 11.5 Å². The Balaban J connectivity index is 2.79. The zero-order chi connectivity index (χ0) is 15.0. The van der Waals surface area contributed by atoms with Gasteiger partial charge in [-0.15, -0.1) is 0 Å². The van der Waals surface area contributed by atoms with Crippen molar-refractivity contribution in [2.75, 3.05) is 31.3 Å². The van der Waals surface area contributed by atoms with E-state index >= 15 is 0 Å². The summed E-state index contributed by atoms with van der Waals surface area (Å²) in [5.74, 6) is 0.159. The van der Waals surface area contributed by atoms with Crippen LogP contribution in [0, 0.1) is 0 Å². The van der Waals surface area contributed by atoms with E-state index in [-0.39, 0.29) is 11.5 Å². The van der Waals surface area contributed by atoms with Gasteiger partial charge in [0.05, 0.1) is 13.2 Å². The SMILES string of the molecule is CCCCCCNc1c(N)n(CCOC)c(=O)[nH]c1=O. The molecule has 0 aliphatic heterocycles. The molecule has 1 heterocycles. The molecule has 0 saturated carbocycles. The molecule has 7 heteroatoms. The molecule has 7 nitrogen and oxygen atoms in total. The Kier molecular flexibility index (Phi) is 6.86. The van der Waals surface area contributed by atoms with Gasteiger partial charge in [0.2, 0.25) is 0 Å². The van der Waals surface area contributed by atoms with Crippen LogP contribution in [0.4, 0.5) is 11.5 Å². The average Bonchev–Trinajstić information content (AvgIpc) is 2.41. The molecule has 0 unspecified atom stereocenters. The van der Waals surface area contributed by atoms with Gasteiger partial charge in [-0.3, -0.25) is 14.3 Å². The summed E-state index contributed by atoms with van der Waals surface area (Å²) in [4.78, 5) is 25.7. The minimum absolute atomic E-state index is 0.159. The van der Waals surface area contributed by atoms with E-state index in [4.69, 9.17) is 10.5 Å². The number of H-pyrrole nitrogens is 1. The molecule has 0 spiro atoms. The minimum Gasteiger partial charge on any atom is -0.383 e. The molecule has 114 valence electrons. The first-order valence-corrected chi connectivity index (χ1v) is 6.97. The molecular weight excluding hydrogens is 260 g/mol. The van der Waals surface area contributed by atoms with Gasteiger partial charge < -0.3 is 15.8 Å². The number of hydrogen-bond donors (Lipinski definition) is 3. The molecule has 0 atom stereocenters. The molecule has 0 aliphatic carbocycles. The Morgan fingerprint density at radius 1 is 1.30 bits per heavy atom. The fourth-order valence-electron chi connectivity index (χ4n) is 1.93. The van der Waals surface area contributed by atoms with Gasteiger partial charge in [-0.1, -0.05) is 26.2 Å². The fourth-order valence-corrected chi connectivity index (χ4v) is 1.93. The number of nitrogen functional groups attached to an aromatic ring is 1. The number of aromatic amines is 1. The molecule has 0 aromatic carbocycles. The number of aromatic nitrogens is 2. The van der Waals surface area contributed by atoms with E-state index in [1.165, 1.54) is 11.0 Å². The molecule has 1 aromatic rings. The lowest BCUT2D eigenvalue weighted by Crippen LogP contribution is -2.35. The zero-order valence-electron chi connectivity index (χ0n) is 12.2. The maximum absolute atomic E-state index is 11.8. The standard InChI is InChI=1S/C13H24N4O3/c1-3-4-5-6-7-15-10-11(14)17(8-9-20-2)13(19)16-12(10)18/h15H,3-9,14H2,1-2H3,(H,16,18,19). The Morgan fingerprint density at radius 3 is 2.70 bits per heavy atom. The molecule has 1 rings (SSSR count). The Bertz CT molecular complexity index is 521. The van der Waals surface area contributed by atoms with Crippen LogP contribution >= 0.6 is 0 Å². The first-order valence-electron chi connectivity index (χ1n) is 6.97. The van der Waals surface area contributed by atoms with Crippen LogP contribution in [0.15, 0.2) is 9.59 Å². The largest absolute Gasteiger partial charge is 0.383 e. The van der Waals surface area contributed by atoms with Crippen molar-refractivity contribution in [3.05, 3.63) is 20.8 Å². The van der Waals surface area contributed by atoms with E-state index in [1.807, 2.05) is 0 Å². The average molecular weight is 284 g/mol. The van der Waals surface area contributed by atoms with Crippen molar-refractivity contribution in [1.29, 1.82) is 0 Å². The first-order chi connectivity index (χ1) is 9.61. The normalized spacial score (nSPS) is 10.7. The van der Waals surface area contributed by atoms with E-state index in [9.17, 15) is 9.59 Å². The topological polar surface area (TPSA) is 102 Å². The van der Waals surface area contributed by atoms with E-state index in [0.717, 1.165) is 19.3 Å². The summed E-state index contributed by atoms with van der Waals surface area (Å²) in [6, 6.07) is 0. The van der Waals surface area contributed by atoms with Crippen LogP contribution in [-0.2, 0) is 11.3 Å². The van der Waals surface area contributed by atoms with Crippen LogP contribution in [-0.4, -0.2) is 29.8 Å². The lowest BCUT2D eigenvalue weighted by atomic mass is 10.2. The molecule has 0 aliphatic rings. The molecule has 0 radical (unpaired) electrons. The predicted octanol–water partition coefficient (Wildman–Crippen LogP) is 0.757. The van der Waals surface area contributed by atoms with Crippen molar-refractivity contribution in [2.24, 2.45) is 0 Å². The van der Waals surface area contributed by atoms with Gasteiger partial charge in [0.1, 0.15) is 11.5 Å². The van der Waals surface area contributed by atoms with Crippen molar-refractivity contribution in [3.8, 4) is 0 Å². The zero-order valence-corrected chi connectivity index (χ0v) is 12.2. The van der Waals surface area contributed by atoms with E-state index in [0.29, 0.717) is 19.7 Å². The summed E-state index contributed by atoms with van der Waals surface area (Å²) < 4.78 is 6.23. The third-order valence-electron chi connectivity index (χ3n) is 3.09. The molecule has 0 bridgehead atoms. The number of nitrogens with zero attached hydrogens (tertiary/aromatic N) is 1. The van der Waals surface area contributed by atoms with Gasteiger partial charge in [0.25, 0.3) is 5.56 Å². The molecule has 0 saturated heterocycles. The second kappa shape index (κ2) is 8.42. The smallest absolute Gasteiger partial charge is 0.330 e. The number of nitrogens with one attached hydrogen (secondary N) is 2. The fraction of sp³-hybridized carbons (Fsp3) is 0.692. The Morgan fingerprint density at radius 2 is 2.05 bits per heavy atom. The molecule has 0 amide bonds. The second-order valence-corrected chi connectivity index (χ2v) is 4.65. The second-order valence-electron chi connectivity index (χ2n) is 4.65. The van der Waals surface area contributed by atoms with E-state index < -0.39 is 11.2 Å². The minimum atomic E-state index is -0.513. The highest BCUT2D eigenvalue weighted by molar-refractivity contribution is 5.60. The number of anilines is 2. The van der Waals surface area contributed by atoms with Crippen LogP contribution in [0.3, 0.4) is 0 Å². The van der Waals surface area contributed by atoms with Gasteiger partial charge >= 0.3 is 5.69 Å². The first kappa shape index (κ1) is 16.3. The number of rotatable bonds is 9. The lowest BCUT2D eigenvalue weighted by molar-refractivity contribution is 0.186. The van der Waals surface area contributed by atoms with Crippen molar-refractivity contribution in [1.82, 2.24) is 9.55 Å². The van der Waals surface area contributed by atoms with E-state index in [1.54, 1.807) is 7.11 Å². The summed E-state index contributed by atoms with van der Waals surface area (Å²) in [7, 11) is 1.54. The maximum atomic E-state index is 11.8. The van der Waals surface area contributed by atoms with Crippen LogP contribution in [0.25, 0.3) is 0 Å². The summed E-state index contributed by atoms with van der Waals surface area (Å²) in [6.07, 6.45) is 4.39. The number of nitrogens with two attached hydrogens (primary N) is 1. The summed E-state index contributed by atoms with van der Waals surface area (Å²) in [5.41, 5.74) is 5.16. The van der Waals surface area contributed by atoms with Crippen LogP contribution in [0.1, 0.15) is 32.6 Å². The summed E-state index contributed by atoms with van der Waals surface area (Å²) in [5, 5.41) is 3.01. The maximum Gasteiger partial charge on any atom is 0.330 e. The predicted molar refractivity (Wildman–Crippen MR) is 80.2 cm³/mol. The Hall–Kier alpha value is -1.76. The summed E-state index contributed by atoms with van der Waals surface area (Å²) >= 11 is 0. The van der Waals surface area contributed by atoms with E-state index in [2.05, 4.69) is 17.2 Å². The molecule has 1 aromatic heterocycles. The number of ether oxygens (including phenoxy) is 1. The highest BCUT2D eigenvalue weighted by atomic mass is 16.5. The third kappa shape index (κ3) is 4.41. The molecule has 0 fully saturated rings. The van der Waals surface area contributed by atoms with Crippen LogP contribution in [0.2, 0.25) is 0 Å². The molecule has 20 heavy (non-hydrogen) atoms. The van der Waals surface area contributed by atoms with Crippen molar-refractivity contribution < 1.29 is 4.74 Å². The highest BCUT2D eigenvalue weighted by Gasteiger charge is 2.11. The number of methoxy groups -OCH3 is 1. The van der Waals surface area contributed by atoms with Gasteiger partial charge in [-0.05, 0) is 6.42 Å². The Labute approximate surface area is 118 Å². The summed E-state index contributed by atoms with van der Waals surface area (Å²) in [6.45, 7) is 3.46. The van der Waals surface area contributed by atoms with Gasteiger partial charge in [-0.2, -0.15) is 0 Å². The van der Waals surface area contributed by atoms with Crippen molar-refractivity contribution in [2.45, 2.75) is 39.2 Å². The highest BCUT2D eigenvalue weighted by Crippen LogP contribution is 2.10. The number of hydrogen-bond acceptors (Lipinski definition) is 5. The lowest BCUT2D eigenvalue weighted by Gasteiger charge is -2.13. The third-order valence-corrected chi connectivity index (χ3v) is 3.09. The number of unbranched alkanes of at least 4 members (excludes halogenated alkanes) is 3. The van der Waals surface area contributed by atoms with Crippen LogP contribution in [0.5, 0.6) is 0 Å². The van der Waals surface area contributed by atoms with Gasteiger partial charge in [0.15, 0.2) is 0 Å². The molecular formula is C13H24N4O3. The van der Waals surface area contributed by atoms with Crippen LogP contribution < -0.4 is 22.3 Å². The molecule has 4 N–H and O–H groups in total. The monoisotopic (exact) mass is 284 g/mol. The van der Waals surface area contributed by atoms with Gasteiger partial charge in [0, 0.05) is 13.7 Å². The van der Waals surface area contributed by atoms with Gasteiger partial charge in [-0.25, -0.2) is 4.79 Å².